The number of hydrogen-bond donors (Lipinski definition) is 1. The van der Waals surface area contributed by atoms with Gasteiger partial charge < -0.3 is 19.5 Å². The predicted octanol–water partition coefficient (Wildman–Crippen LogP) is 3.68. The average Bonchev–Trinajstić information content (AvgIpc) is 3.31. The third kappa shape index (κ3) is 5.58. The largest absolute Gasteiger partial charge is 0.370 e. The molecule has 1 aliphatic heterocycles. The molecule has 1 atom stereocenters. The minimum Gasteiger partial charge on any atom is -0.370 e. The fourth-order valence-corrected chi connectivity index (χ4v) is 4.43. The Labute approximate surface area is 204 Å². The molecule has 4 aromatic rings. The number of carbonyl (C=O) groups is 2. The van der Waals surface area contributed by atoms with Crippen molar-refractivity contribution in [1.82, 2.24) is 19.8 Å². The van der Waals surface area contributed by atoms with Gasteiger partial charge >= 0.3 is 0 Å². The van der Waals surface area contributed by atoms with Gasteiger partial charge in [0.05, 0.1) is 12.7 Å². The van der Waals surface area contributed by atoms with Crippen molar-refractivity contribution in [2.45, 2.75) is 19.1 Å². The zero-order chi connectivity index (χ0) is 24.0. The number of carbonyl (C=O) groups excluding carboxylic acids is 2. The molecule has 2 amide bonds. The highest BCUT2D eigenvalue weighted by atomic mass is 16.5. The lowest BCUT2D eigenvalue weighted by molar-refractivity contribution is -0.131. The van der Waals surface area contributed by atoms with Gasteiger partial charge in [-0.05, 0) is 53.9 Å². The molecule has 0 spiro atoms. The van der Waals surface area contributed by atoms with Gasteiger partial charge in [0, 0.05) is 54.7 Å². The Hall–Kier alpha value is -3.97. The Morgan fingerprint density at radius 3 is 2.66 bits per heavy atom. The molecule has 7 heteroatoms. The summed E-state index contributed by atoms with van der Waals surface area (Å²) in [6.07, 6.45) is 5.76. The zero-order valence-corrected chi connectivity index (χ0v) is 19.5. The van der Waals surface area contributed by atoms with Crippen LogP contribution in [-0.4, -0.2) is 63.9 Å². The maximum atomic E-state index is 13.5. The summed E-state index contributed by atoms with van der Waals surface area (Å²) < 4.78 is 6.23. The molecule has 35 heavy (non-hydrogen) atoms. The summed E-state index contributed by atoms with van der Waals surface area (Å²) in [5.41, 5.74) is 3.71. The highest BCUT2D eigenvalue weighted by molar-refractivity contribution is 5.99. The lowest BCUT2D eigenvalue weighted by Crippen LogP contribution is -2.40. The van der Waals surface area contributed by atoms with E-state index in [1.807, 2.05) is 59.6 Å². The van der Waals surface area contributed by atoms with E-state index in [9.17, 15) is 9.59 Å². The highest BCUT2D eigenvalue weighted by Crippen LogP contribution is 2.18. The topological polar surface area (TPSA) is 78.5 Å². The minimum absolute atomic E-state index is 0.0356. The van der Waals surface area contributed by atoms with Gasteiger partial charge in [-0.1, -0.05) is 30.3 Å². The van der Waals surface area contributed by atoms with E-state index in [4.69, 9.17) is 4.74 Å². The van der Waals surface area contributed by atoms with Gasteiger partial charge in [0.2, 0.25) is 5.91 Å². The molecule has 0 bridgehead atoms. The van der Waals surface area contributed by atoms with Crippen molar-refractivity contribution >= 4 is 22.7 Å². The third-order valence-electron chi connectivity index (χ3n) is 6.36. The molecule has 0 aliphatic carbocycles. The van der Waals surface area contributed by atoms with Gasteiger partial charge in [0.1, 0.15) is 6.54 Å². The summed E-state index contributed by atoms with van der Waals surface area (Å²) in [4.78, 5) is 37.3. The van der Waals surface area contributed by atoms with E-state index in [0.717, 1.165) is 22.9 Å². The summed E-state index contributed by atoms with van der Waals surface area (Å²) >= 11 is 0. The molecule has 1 unspecified atom stereocenters. The fourth-order valence-electron chi connectivity index (χ4n) is 4.43. The first-order valence-corrected chi connectivity index (χ1v) is 11.8. The van der Waals surface area contributed by atoms with Gasteiger partial charge in [-0.25, -0.2) is 0 Å². The lowest BCUT2D eigenvalue weighted by atomic mass is 10.1. The number of aromatic amines is 1. The van der Waals surface area contributed by atoms with Crippen molar-refractivity contribution < 1.29 is 14.3 Å². The number of hydrogen-bond acceptors (Lipinski definition) is 4. The van der Waals surface area contributed by atoms with Crippen molar-refractivity contribution in [3.05, 3.63) is 102 Å². The van der Waals surface area contributed by atoms with Gasteiger partial charge in [-0.3, -0.25) is 14.6 Å². The molecular formula is C28H28N4O3. The maximum absolute atomic E-state index is 13.5. The van der Waals surface area contributed by atoms with Crippen LogP contribution < -0.4 is 0 Å². The van der Waals surface area contributed by atoms with Crippen LogP contribution in [0.1, 0.15) is 21.5 Å². The Balaban J connectivity index is 1.34. The van der Waals surface area contributed by atoms with Gasteiger partial charge in [0.25, 0.3) is 5.91 Å². The molecule has 1 N–H and O–H groups in total. The summed E-state index contributed by atoms with van der Waals surface area (Å²) in [6.45, 7) is 1.80. The van der Waals surface area contributed by atoms with Crippen molar-refractivity contribution in [2.24, 2.45) is 0 Å². The van der Waals surface area contributed by atoms with E-state index in [0.29, 0.717) is 31.8 Å². The molecule has 0 saturated carbocycles. The molecule has 2 aromatic carbocycles. The van der Waals surface area contributed by atoms with Crippen molar-refractivity contribution in [1.29, 1.82) is 0 Å². The first-order chi connectivity index (χ1) is 17.2. The fraction of sp³-hybridized carbons (Fsp3) is 0.250. The van der Waals surface area contributed by atoms with Gasteiger partial charge in [0.15, 0.2) is 0 Å². The molecule has 1 saturated heterocycles. The Kier molecular flexibility index (Phi) is 6.86. The number of nitrogens with zero attached hydrogens (tertiary/aromatic N) is 3. The van der Waals surface area contributed by atoms with Gasteiger partial charge in [-0.2, -0.15) is 0 Å². The Morgan fingerprint density at radius 1 is 1.00 bits per heavy atom. The molecule has 0 radical (unpaired) electrons. The lowest BCUT2D eigenvalue weighted by Gasteiger charge is -2.25. The second-order valence-corrected chi connectivity index (χ2v) is 8.83. The second kappa shape index (κ2) is 10.5. The van der Waals surface area contributed by atoms with Crippen LogP contribution in [0.3, 0.4) is 0 Å². The first-order valence-electron chi connectivity index (χ1n) is 11.8. The van der Waals surface area contributed by atoms with E-state index in [2.05, 4.69) is 22.1 Å². The number of aromatic nitrogens is 2. The summed E-state index contributed by atoms with van der Waals surface area (Å²) in [7, 11) is 0. The molecule has 5 rings (SSSR count). The van der Waals surface area contributed by atoms with E-state index >= 15 is 0 Å². The highest BCUT2D eigenvalue weighted by Gasteiger charge is 2.31. The van der Waals surface area contributed by atoms with Gasteiger partial charge in [-0.15, -0.1) is 0 Å². The third-order valence-corrected chi connectivity index (χ3v) is 6.36. The number of ether oxygens (including phenoxy) is 1. The maximum Gasteiger partial charge on any atom is 0.254 e. The number of H-pyrrole nitrogens is 1. The van der Waals surface area contributed by atoms with Crippen LogP contribution in [0, 0.1) is 0 Å². The number of benzene rings is 2. The first kappa shape index (κ1) is 22.8. The standard InChI is InChI=1S/C28H28N4O3/c33-27-19-32(28(34)24-6-7-26-23(16-24)10-14-30-26)18-25(35-20-22-8-12-29-13-9-22)17-31(27)15-11-21-4-2-1-3-5-21/h1-10,12-14,16,25,30H,11,15,17-20H2. The molecular weight excluding hydrogens is 440 g/mol. The summed E-state index contributed by atoms with van der Waals surface area (Å²) in [6, 6.07) is 21.4. The Morgan fingerprint density at radius 2 is 1.83 bits per heavy atom. The quantitative estimate of drug-likeness (QED) is 0.449. The van der Waals surface area contributed by atoms with Crippen LogP contribution in [0.25, 0.3) is 10.9 Å². The number of pyridine rings is 1. The number of fused-ring (bicyclic) bond motifs is 1. The van der Waals surface area contributed by atoms with Crippen LogP contribution >= 0.6 is 0 Å². The molecule has 1 fully saturated rings. The molecule has 178 valence electrons. The molecule has 7 nitrogen and oxygen atoms in total. The SMILES string of the molecule is O=C1CN(C(=O)c2ccc3[nH]ccc3c2)CC(OCc2ccncc2)CN1CCc1ccccc1. The number of amides is 2. The van der Waals surface area contributed by atoms with E-state index < -0.39 is 0 Å². The van der Waals surface area contributed by atoms with Crippen molar-refractivity contribution in [3.63, 3.8) is 0 Å². The van der Waals surface area contributed by atoms with Crippen molar-refractivity contribution in [3.8, 4) is 0 Å². The second-order valence-electron chi connectivity index (χ2n) is 8.83. The van der Waals surface area contributed by atoms with Crippen LogP contribution in [0.2, 0.25) is 0 Å². The predicted molar refractivity (Wildman–Crippen MR) is 134 cm³/mol. The molecule has 1 aliphatic rings. The molecule has 2 aromatic heterocycles. The van der Waals surface area contributed by atoms with Crippen LogP contribution in [-0.2, 0) is 22.6 Å². The number of rotatable bonds is 7. The van der Waals surface area contributed by atoms with Crippen molar-refractivity contribution in [2.75, 3.05) is 26.2 Å². The normalized spacial score (nSPS) is 16.5. The average molecular weight is 469 g/mol. The number of nitrogens with one attached hydrogen (secondary N) is 1. The monoisotopic (exact) mass is 468 g/mol. The van der Waals surface area contributed by atoms with E-state index in [1.54, 1.807) is 23.4 Å². The van der Waals surface area contributed by atoms with E-state index in [1.165, 1.54) is 5.56 Å². The van der Waals surface area contributed by atoms with E-state index in [-0.39, 0.29) is 24.5 Å². The van der Waals surface area contributed by atoms with Crippen LogP contribution in [0.15, 0.2) is 85.3 Å². The zero-order valence-electron chi connectivity index (χ0n) is 19.5. The smallest absolute Gasteiger partial charge is 0.254 e. The minimum atomic E-state index is -0.301. The van der Waals surface area contributed by atoms with Crippen LogP contribution in [0.4, 0.5) is 0 Å². The molecule has 3 heterocycles. The van der Waals surface area contributed by atoms with Crippen LogP contribution in [0.5, 0.6) is 0 Å². The summed E-state index contributed by atoms with van der Waals surface area (Å²) in [5, 5.41) is 0.965. The Bertz CT molecular complexity index is 1290. The summed E-state index contributed by atoms with van der Waals surface area (Å²) in [5.74, 6) is -0.226.